The van der Waals surface area contributed by atoms with Crippen LogP contribution in [0, 0.1) is 5.92 Å². The number of aromatic nitrogens is 2. The van der Waals surface area contributed by atoms with Gasteiger partial charge in [0.2, 0.25) is 5.89 Å². The zero-order chi connectivity index (χ0) is 13.0. The molecule has 1 aliphatic carbocycles. The summed E-state index contributed by atoms with van der Waals surface area (Å²) in [6.45, 7) is 4.27. The SMILES string of the molecule is CNCc1nnc(N(CCOC)C(C)C2CC2)o1. The van der Waals surface area contributed by atoms with Gasteiger partial charge in [0.1, 0.15) is 0 Å². The average molecular weight is 254 g/mol. The highest BCUT2D eigenvalue weighted by atomic mass is 16.5. The summed E-state index contributed by atoms with van der Waals surface area (Å²) in [5.74, 6) is 1.37. The molecule has 0 spiro atoms. The third-order valence-corrected chi connectivity index (χ3v) is 3.36. The van der Waals surface area contributed by atoms with E-state index < -0.39 is 0 Å². The van der Waals surface area contributed by atoms with Gasteiger partial charge in [0.25, 0.3) is 0 Å². The topological polar surface area (TPSA) is 63.4 Å². The van der Waals surface area contributed by atoms with E-state index in [2.05, 4.69) is 27.3 Å². The van der Waals surface area contributed by atoms with Crippen molar-refractivity contribution in [1.82, 2.24) is 15.5 Å². The Bertz CT molecular complexity index is 365. The summed E-state index contributed by atoms with van der Waals surface area (Å²) < 4.78 is 10.8. The normalized spacial score (nSPS) is 16.8. The van der Waals surface area contributed by atoms with Crippen LogP contribution in [0.3, 0.4) is 0 Å². The van der Waals surface area contributed by atoms with E-state index >= 15 is 0 Å². The molecule has 1 heterocycles. The molecule has 1 aromatic heterocycles. The number of ether oxygens (including phenoxy) is 1. The number of nitrogens with one attached hydrogen (secondary N) is 1. The lowest BCUT2D eigenvalue weighted by Crippen LogP contribution is -2.37. The molecule has 0 bridgehead atoms. The summed E-state index contributed by atoms with van der Waals surface area (Å²) in [5.41, 5.74) is 0. The second-order valence-electron chi connectivity index (χ2n) is 4.77. The van der Waals surface area contributed by atoms with Gasteiger partial charge >= 0.3 is 6.01 Å². The summed E-state index contributed by atoms with van der Waals surface area (Å²) >= 11 is 0. The van der Waals surface area contributed by atoms with E-state index in [1.165, 1.54) is 12.8 Å². The van der Waals surface area contributed by atoms with E-state index in [0.717, 1.165) is 12.5 Å². The predicted octanol–water partition coefficient (Wildman–Crippen LogP) is 1.04. The molecular weight excluding hydrogens is 232 g/mol. The van der Waals surface area contributed by atoms with Gasteiger partial charge in [-0.05, 0) is 32.7 Å². The van der Waals surface area contributed by atoms with Crippen molar-refractivity contribution in [2.75, 3.05) is 32.2 Å². The van der Waals surface area contributed by atoms with E-state index in [-0.39, 0.29) is 0 Å². The molecule has 1 N–H and O–H groups in total. The second kappa shape index (κ2) is 6.15. The van der Waals surface area contributed by atoms with Crippen molar-refractivity contribution in [2.24, 2.45) is 5.92 Å². The van der Waals surface area contributed by atoms with Gasteiger partial charge in [-0.15, -0.1) is 5.10 Å². The molecule has 1 saturated carbocycles. The van der Waals surface area contributed by atoms with Crippen LogP contribution in [-0.2, 0) is 11.3 Å². The van der Waals surface area contributed by atoms with Crippen LogP contribution in [0.1, 0.15) is 25.7 Å². The monoisotopic (exact) mass is 254 g/mol. The maximum atomic E-state index is 5.67. The first-order chi connectivity index (χ1) is 8.76. The zero-order valence-corrected chi connectivity index (χ0v) is 11.3. The number of rotatable bonds is 8. The van der Waals surface area contributed by atoms with E-state index in [4.69, 9.17) is 9.15 Å². The van der Waals surface area contributed by atoms with Gasteiger partial charge in [-0.1, -0.05) is 5.10 Å². The third kappa shape index (κ3) is 3.20. The maximum Gasteiger partial charge on any atom is 0.318 e. The van der Waals surface area contributed by atoms with Crippen molar-refractivity contribution in [3.05, 3.63) is 5.89 Å². The Kier molecular flexibility index (Phi) is 4.54. The first-order valence-electron chi connectivity index (χ1n) is 6.48. The molecule has 0 aromatic carbocycles. The summed E-state index contributed by atoms with van der Waals surface area (Å²) in [7, 11) is 3.57. The first-order valence-corrected chi connectivity index (χ1v) is 6.48. The minimum absolute atomic E-state index is 0.433. The number of hydrogen-bond acceptors (Lipinski definition) is 6. The first kappa shape index (κ1) is 13.3. The molecule has 0 radical (unpaired) electrons. The molecule has 102 valence electrons. The van der Waals surface area contributed by atoms with Crippen LogP contribution >= 0.6 is 0 Å². The lowest BCUT2D eigenvalue weighted by Gasteiger charge is -2.26. The lowest BCUT2D eigenvalue weighted by atomic mass is 10.2. The summed E-state index contributed by atoms with van der Waals surface area (Å²) in [5, 5.41) is 11.2. The van der Waals surface area contributed by atoms with Crippen LogP contribution in [-0.4, -0.2) is 43.5 Å². The zero-order valence-electron chi connectivity index (χ0n) is 11.3. The minimum atomic E-state index is 0.433. The Morgan fingerprint density at radius 2 is 2.28 bits per heavy atom. The van der Waals surface area contributed by atoms with Crippen LogP contribution in [0.5, 0.6) is 0 Å². The number of methoxy groups -OCH3 is 1. The maximum absolute atomic E-state index is 5.67. The van der Waals surface area contributed by atoms with Crippen LogP contribution in [0.4, 0.5) is 6.01 Å². The van der Waals surface area contributed by atoms with Crippen LogP contribution in [0.2, 0.25) is 0 Å². The summed E-state index contributed by atoms with van der Waals surface area (Å²) in [6, 6.07) is 1.04. The highest BCUT2D eigenvalue weighted by Crippen LogP contribution is 2.36. The number of anilines is 1. The van der Waals surface area contributed by atoms with Crippen molar-refractivity contribution in [1.29, 1.82) is 0 Å². The third-order valence-electron chi connectivity index (χ3n) is 3.36. The summed E-state index contributed by atoms with van der Waals surface area (Å²) in [4.78, 5) is 2.16. The van der Waals surface area contributed by atoms with E-state index in [9.17, 15) is 0 Å². The molecule has 0 aliphatic heterocycles. The van der Waals surface area contributed by atoms with Gasteiger partial charge in [-0.25, -0.2) is 0 Å². The molecule has 0 amide bonds. The van der Waals surface area contributed by atoms with Gasteiger partial charge in [-0.3, -0.25) is 0 Å². The molecule has 6 heteroatoms. The molecule has 1 unspecified atom stereocenters. The Balaban J connectivity index is 2.05. The van der Waals surface area contributed by atoms with Crippen LogP contribution in [0.25, 0.3) is 0 Å². The smallest absolute Gasteiger partial charge is 0.318 e. The fraction of sp³-hybridized carbons (Fsp3) is 0.833. The standard InChI is InChI=1S/C12H22N4O2/c1-9(10-4-5-10)16(6-7-17-3)12-15-14-11(18-12)8-13-2/h9-10,13H,4-8H2,1-3H3. The fourth-order valence-corrected chi connectivity index (χ4v) is 2.08. The van der Waals surface area contributed by atoms with Crippen molar-refractivity contribution in [3.63, 3.8) is 0 Å². The van der Waals surface area contributed by atoms with E-state index in [1.807, 2.05) is 7.05 Å². The van der Waals surface area contributed by atoms with Gasteiger partial charge < -0.3 is 19.4 Å². The van der Waals surface area contributed by atoms with Gasteiger partial charge in [0.15, 0.2) is 0 Å². The Morgan fingerprint density at radius 3 is 2.89 bits per heavy atom. The molecule has 2 rings (SSSR count). The predicted molar refractivity (Wildman–Crippen MR) is 68.5 cm³/mol. The van der Waals surface area contributed by atoms with Crippen molar-refractivity contribution < 1.29 is 9.15 Å². The summed E-state index contributed by atoms with van der Waals surface area (Å²) in [6.07, 6.45) is 2.59. The van der Waals surface area contributed by atoms with Crippen LogP contribution in [0.15, 0.2) is 4.42 Å². The lowest BCUT2D eigenvalue weighted by molar-refractivity contribution is 0.201. The Hall–Kier alpha value is -1.14. The van der Waals surface area contributed by atoms with Gasteiger partial charge in [-0.2, -0.15) is 0 Å². The molecule has 1 atom stereocenters. The largest absolute Gasteiger partial charge is 0.407 e. The molecule has 18 heavy (non-hydrogen) atoms. The van der Waals surface area contributed by atoms with Gasteiger partial charge in [0.05, 0.1) is 13.2 Å². The Morgan fingerprint density at radius 1 is 1.50 bits per heavy atom. The van der Waals surface area contributed by atoms with Crippen molar-refractivity contribution in [2.45, 2.75) is 32.4 Å². The molecule has 1 aliphatic rings. The number of nitrogens with zero attached hydrogens (tertiary/aromatic N) is 3. The minimum Gasteiger partial charge on any atom is -0.407 e. The number of hydrogen-bond donors (Lipinski definition) is 1. The van der Waals surface area contributed by atoms with Crippen molar-refractivity contribution >= 4 is 6.01 Å². The molecule has 1 aromatic rings. The fourth-order valence-electron chi connectivity index (χ4n) is 2.08. The second-order valence-corrected chi connectivity index (χ2v) is 4.77. The molecule has 1 fully saturated rings. The molecular formula is C12H22N4O2. The van der Waals surface area contributed by atoms with E-state index in [0.29, 0.717) is 31.1 Å². The highest BCUT2D eigenvalue weighted by Gasteiger charge is 2.34. The Labute approximate surface area is 108 Å². The van der Waals surface area contributed by atoms with E-state index in [1.54, 1.807) is 7.11 Å². The van der Waals surface area contributed by atoms with Crippen LogP contribution < -0.4 is 10.2 Å². The molecule has 6 nitrogen and oxygen atoms in total. The van der Waals surface area contributed by atoms with Crippen molar-refractivity contribution in [3.8, 4) is 0 Å². The average Bonchev–Trinajstić information content (AvgIpc) is 3.12. The van der Waals surface area contributed by atoms with Gasteiger partial charge in [0, 0.05) is 19.7 Å². The highest BCUT2D eigenvalue weighted by molar-refractivity contribution is 5.27. The molecule has 0 saturated heterocycles. The quantitative estimate of drug-likeness (QED) is 0.748.